The van der Waals surface area contributed by atoms with E-state index in [0.717, 1.165) is 19.4 Å². The SMILES string of the molecule is CCCNC1CCC(S(=O)(=O)c2ccc(Cl)c(Cl)c2)C1. The number of hydrogen-bond acceptors (Lipinski definition) is 3. The van der Waals surface area contributed by atoms with Crippen molar-refractivity contribution in [3.8, 4) is 0 Å². The van der Waals surface area contributed by atoms with Crippen LogP contribution in [-0.2, 0) is 9.84 Å². The van der Waals surface area contributed by atoms with E-state index in [4.69, 9.17) is 23.2 Å². The lowest BCUT2D eigenvalue weighted by molar-refractivity contribution is 0.520. The zero-order chi connectivity index (χ0) is 14.8. The summed E-state index contributed by atoms with van der Waals surface area (Å²) in [5, 5.41) is 3.73. The Bertz CT molecular complexity index is 575. The lowest BCUT2D eigenvalue weighted by Gasteiger charge is -2.14. The van der Waals surface area contributed by atoms with E-state index in [1.54, 1.807) is 6.07 Å². The smallest absolute Gasteiger partial charge is 0.181 e. The summed E-state index contributed by atoms with van der Waals surface area (Å²) in [5.41, 5.74) is 0. The molecule has 2 unspecified atom stereocenters. The van der Waals surface area contributed by atoms with E-state index in [1.807, 2.05) is 0 Å². The Hall–Kier alpha value is -0.290. The normalized spacial score (nSPS) is 23.1. The molecule has 0 aliphatic heterocycles. The molecule has 0 radical (unpaired) electrons. The fourth-order valence-electron chi connectivity index (χ4n) is 2.60. The van der Waals surface area contributed by atoms with Crippen LogP contribution in [0.4, 0.5) is 0 Å². The predicted octanol–water partition coefficient (Wildman–Crippen LogP) is 3.69. The van der Waals surface area contributed by atoms with Crippen LogP contribution in [0.2, 0.25) is 10.0 Å². The molecule has 2 atom stereocenters. The van der Waals surface area contributed by atoms with Gasteiger partial charge in [-0.2, -0.15) is 0 Å². The summed E-state index contributed by atoms with van der Waals surface area (Å²) >= 11 is 11.7. The van der Waals surface area contributed by atoms with Crippen molar-refractivity contribution < 1.29 is 8.42 Å². The molecular formula is C14H19Cl2NO2S. The zero-order valence-electron chi connectivity index (χ0n) is 11.4. The zero-order valence-corrected chi connectivity index (χ0v) is 13.7. The molecule has 0 heterocycles. The highest BCUT2D eigenvalue weighted by atomic mass is 35.5. The minimum Gasteiger partial charge on any atom is -0.314 e. The molecule has 1 N–H and O–H groups in total. The molecule has 1 fully saturated rings. The van der Waals surface area contributed by atoms with Crippen LogP contribution in [0.3, 0.4) is 0 Å². The van der Waals surface area contributed by atoms with Gasteiger partial charge < -0.3 is 5.32 Å². The van der Waals surface area contributed by atoms with Gasteiger partial charge in [-0.1, -0.05) is 30.1 Å². The number of halogens is 2. The first-order valence-corrected chi connectivity index (χ1v) is 9.17. The Balaban J connectivity index is 2.13. The Morgan fingerprint density at radius 1 is 1.25 bits per heavy atom. The molecule has 0 spiro atoms. The van der Waals surface area contributed by atoms with E-state index in [2.05, 4.69) is 12.2 Å². The number of benzene rings is 1. The van der Waals surface area contributed by atoms with E-state index in [-0.39, 0.29) is 15.2 Å². The van der Waals surface area contributed by atoms with E-state index in [1.165, 1.54) is 12.1 Å². The van der Waals surface area contributed by atoms with Gasteiger partial charge in [-0.3, -0.25) is 0 Å². The largest absolute Gasteiger partial charge is 0.314 e. The van der Waals surface area contributed by atoms with Crippen molar-refractivity contribution in [2.45, 2.75) is 48.8 Å². The molecular weight excluding hydrogens is 317 g/mol. The fourth-order valence-corrected chi connectivity index (χ4v) is 4.82. The molecule has 0 saturated heterocycles. The van der Waals surface area contributed by atoms with Crippen LogP contribution in [0.15, 0.2) is 23.1 Å². The van der Waals surface area contributed by atoms with E-state index < -0.39 is 9.84 Å². The highest BCUT2D eigenvalue weighted by Crippen LogP contribution is 2.32. The molecule has 1 aliphatic rings. The molecule has 1 aromatic rings. The maximum absolute atomic E-state index is 12.6. The molecule has 0 bridgehead atoms. The summed E-state index contributed by atoms with van der Waals surface area (Å²) in [7, 11) is -3.32. The Kier molecular flexibility index (Phi) is 5.35. The number of hydrogen-bond donors (Lipinski definition) is 1. The maximum atomic E-state index is 12.6. The summed E-state index contributed by atoms with van der Waals surface area (Å²) in [5.74, 6) is 0. The molecule has 20 heavy (non-hydrogen) atoms. The number of nitrogens with one attached hydrogen (secondary N) is 1. The molecule has 1 aromatic carbocycles. The Morgan fingerprint density at radius 3 is 2.65 bits per heavy atom. The third kappa shape index (κ3) is 3.48. The predicted molar refractivity (Wildman–Crippen MR) is 83.4 cm³/mol. The fraction of sp³-hybridized carbons (Fsp3) is 0.571. The van der Waals surface area contributed by atoms with Gasteiger partial charge >= 0.3 is 0 Å². The van der Waals surface area contributed by atoms with Gasteiger partial charge in [-0.25, -0.2) is 8.42 Å². The first-order chi connectivity index (χ1) is 9.45. The van der Waals surface area contributed by atoms with Crippen LogP contribution < -0.4 is 5.32 Å². The Labute approximate surface area is 130 Å². The minimum absolute atomic E-state index is 0.271. The van der Waals surface area contributed by atoms with Gasteiger partial charge in [0.15, 0.2) is 9.84 Å². The van der Waals surface area contributed by atoms with Crippen molar-refractivity contribution in [1.82, 2.24) is 5.32 Å². The van der Waals surface area contributed by atoms with Gasteiger partial charge in [-0.05, 0) is 50.4 Å². The second-order valence-corrected chi connectivity index (χ2v) is 8.25. The summed E-state index contributed by atoms with van der Waals surface area (Å²) in [6, 6.07) is 4.83. The van der Waals surface area contributed by atoms with Crippen molar-refractivity contribution in [3.63, 3.8) is 0 Å². The molecule has 6 heteroatoms. The van der Waals surface area contributed by atoms with E-state index in [9.17, 15) is 8.42 Å². The average Bonchev–Trinajstić information content (AvgIpc) is 2.89. The lowest BCUT2D eigenvalue weighted by Crippen LogP contribution is -2.29. The van der Waals surface area contributed by atoms with Crippen molar-refractivity contribution in [3.05, 3.63) is 28.2 Å². The quantitative estimate of drug-likeness (QED) is 0.892. The third-order valence-electron chi connectivity index (χ3n) is 3.73. The second kappa shape index (κ2) is 6.65. The molecule has 112 valence electrons. The number of rotatable bonds is 5. The second-order valence-electron chi connectivity index (χ2n) is 5.21. The van der Waals surface area contributed by atoms with Crippen LogP contribution >= 0.6 is 23.2 Å². The van der Waals surface area contributed by atoms with Crippen LogP contribution in [0.1, 0.15) is 32.6 Å². The molecule has 3 nitrogen and oxygen atoms in total. The van der Waals surface area contributed by atoms with Crippen molar-refractivity contribution in [2.24, 2.45) is 0 Å². The lowest BCUT2D eigenvalue weighted by atomic mass is 10.2. The van der Waals surface area contributed by atoms with Crippen molar-refractivity contribution in [1.29, 1.82) is 0 Å². The highest BCUT2D eigenvalue weighted by molar-refractivity contribution is 7.92. The van der Waals surface area contributed by atoms with Gasteiger partial charge in [0.05, 0.1) is 20.2 Å². The standard InChI is InChI=1S/C14H19Cl2NO2S/c1-2-7-17-10-3-4-11(8-10)20(18,19)12-5-6-13(15)14(16)9-12/h5-6,9-11,17H,2-4,7-8H2,1H3. The van der Waals surface area contributed by atoms with Gasteiger partial charge in [-0.15, -0.1) is 0 Å². The summed E-state index contributed by atoms with van der Waals surface area (Å²) in [6.45, 7) is 3.04. The van der Waals surface area contributed by atoms with Gasteiger partial charge in [0.1, 0.15) is 0 Å². The molecule has 1 aliphatic carbocycles. The third-order valence-corrected chi connectivity index (χ3v) is 6.68. The monoisotopic (exact) mass is 335 g/mol. The topological polar surface area (TPSA) is 46.2 Å². The first kappa shape index (κ1) is 16.1. The molecule has 2 rings (SSSR count). The van der Waals surface area contributed by atoms with Crippen LogP contribution in [-0.4, -0.2) is 26.3 Å². The Morgan fingerprint density at radius 2 is 2.00 bits per heavy atom. The summed E-state index contributed by atoms with van der Waals surface area (Å²) in [6.07, 6.45) is 3.33. The van der Waals surface area contributed by atoms with Crippen molar-refractivity contribution >= 4 is 33.0 Å². The van der Waals surface area contributed by atoms with E-state index in [0.29, 0.717) is 23.9 Å². The minimum atomic E-state index is -3.32. The van der Waals surface area contributed by atoms with Crippen molar-refractivity contribution in [2.75, 3.05) is 6.54 Å². The van der Waals surface area contributed by atoms with Crippen LogP contribution in [0.25, 0.3) is 0 Å². The highest BCUT2D eigenvalue weighted by Gasteiger charge is 2.35. The first-order valence-electron chi connectivity index (χ1n) is 6.87. The van der Waals surface area contributed by atoms with Crippen LogP contribution in [0.5, 0.6) is 0 Å². The molecule has 0 amide bonds. The van der Waals surface area contributed by atoms with E-state index >= 15 is 0 Å². The summed E-state index contributed by atoms with van der Waals surface area (Å²) in [4.78, 5) is 0.271. The average molecular weight is 336 g/mol. The maximum Gasteiger partial charge on any atom is 0.181 e. The molecule has 0 aromatic heterocycles. The summed E-state index contributed by atoms with van der Waals surface area (Å²) < 4.78 is 25.2. The van der Waals surface area contributed by atoms with Gasteiger partial charge in [0, 0.05) is 6.04 Å². The number of sulfone groups is 1. The van der Waals surface area contributed by atoms with Gasteiger partial charge in [0.25, 0.3) is 0 Å². The van der Waals surface area contributed by atoms with Crippen LogP contribution in [0, 0.1) is 0 Å². The van der Waals surface area contributed by atoms with Gasteiger partial charge in [0.2, 0.25) is 0 Å². The molecule has 1 saturated carbocycles.